The Morgan fingerprint density at radius 2 is 1.16 bits per heavy atom. The zero-order chi connectivity index (χ0) is 45.7. The largest absolute Gasteiger partial charge is 0.491 e. The fourth-order valence-electron chi connectivity index (χ4n) is 5.67. The van der Waals surface area contributed by atoms with Gasteiger partial charge in [0.05, 0.1) is 19.3 Å². The number of alkyl halides is 17. The summed E-state index contributed by atoms with van der Waals surface area (Å²) >= 11 is 0. The molecule has 2 atom stereocenters. The zero-order valence-corrected chi connectivity index (χ0v) is 32.9. The second-order valence-corrected chi connectivity index (χ2v) is 18.9. The van der Waals surface area contributed by atoms with E-state index in [-0.39, 0.29) is 19.0 Å². The van der Waals surface area contributed by atoms with Crippen LogP contribution in [0.25, 0.3) is 0 Å². The van der Waals surface area contributed by atoms with Crippen molar-refractivity contribution in [3.63, 3.8) is 0 Å². The average molecular weight is 895 g/mol. The first-order valence-electron chi connectivity index (χ1n) is 17.3. The van der Waals surface area contributed by atoms with Crippen LogP contribution in [-0.2, 0) is 14.0 Å². The lowest BCUT2D eigenvalue weighted by molar-refractivity contribution is -0.461. The van der Waals surface area contributed by atoms with Gasteiger partial charge in [-0.2, -0.15) is 74.6 Å². The molecule has 58 heavy (non-hydrogen) atoms. The van der Waals surface area contributed by atoms with Crippen molar-refractivity contribution in [2.24, 2.45) is 5.92 Å². The molecule has 0 aliphatic carbocycles. The summed E-state index contributed by atoms with van der Waals surface area (Å²) in [5.41, 5.74) is -0.582. The van der Waals surface area contributed by atoms with E-state index in [0.717, 1.165) is 0 Å². The van der Waals surface area contributed by atoms with Crippen LogP contribution in [0.5, 0.6) is 5.75 Å². The van der Waals surface area contributed by atoms with Crippen molar-refractivity contribution in [2.75, 3.05) is 19.8 Å². The lowest BCUT2D eigenvalue weighted by Crippen LogP contribution is -2.74. The Labute approximate surface area is 323 Å². The average Bonchev–Trinajstić information content (AvgIpc) is 3.09. The van der Waals surface area contributed by atoms with Crippen LogP contribution in [0.4, 0.5) is 74.6 Å². The number of aliphatic hydroxyl groups excluding tert-OH is 1. The van der Waals surface area contributed by atoms with E-state index in [1.807, 2.05) is 0 Å². The molecular weight excluding hydrogens is 851 g/mol. The van der Waals surface area contributed by atoms with Crippen molar-refractivity contribution < 1.29 is 98.4 Å². The van der Waals surface area contributed by atoms with E-state index < -0.39 is 104 Å². The van der Waals surface area contributed by atoms with Crippen molar-refractivity contribution in [2.45, 2.75) is 126 Å². The van der Waals surface area contributed by atoms with Gasteiger partial charge in [0.15, 0.2) is 8.32 Å². The Hall–Kier alpha value is -3.08. The van der Waals surface area contributed by atoms with Gasteiger partial charge in [0.25, 0.3) is 0 Å². The molecule has 1 aromatic carbocycles. The second kappa shape index (κ2) is 18.7. The number of allylic oxidation sites excluding steroid dienone is 2. The number of aliphatic hydroxyl groups is 1. The molecule has 336 valence electrons. The third-order valence-electron chi connectivity index (χ3n) is 9.59. The fraction of sp³-hybridized carbons (Fsp3) is 0.686. The lowest BCUT2D eigenvalue weighted by atomic mass is 9.88. The molecule has 0 aliphatic heterocycles. The number of benzene rings is 1. The minimum atomic E-state index is -8.68. The number of esters is 1. The van der Waals surface area contributed by atoms with Crippen molar-refractivity contribution in [1.29, 1.82) is 0 Å². The highest BCUT2D eigenvalue weighted by atomic mass is 28.4. The Kier molecular flexibility index (Phi) is 17.0. The highest BCUT2D eigenvalue weighted by Crippen LogP contribution is 2.64. The highest BCUT2D eigenvalue weighted by molar-refractivity contribution is 6.76. The van der Waals surface area contributed by atoms with Gasteiger partial charge >= 0.3 is 53.6 Å². The van der Waals surface area contributed by atoms with Crippen molar-refractivity contribution in [3.8, 4) is 5.75 Å². The molecule has 0 aliphatic rings. The van der Waals surface area contributed by atoms with Gasteiger partial charge in [-0.15, -0.1) is 0 Å². The van der Waals surface area contributed by atoms with Gasteiger partial charge < -0.3 is 19.0 Å². The number of hydrogen-bond acceptors (Lipinski definition) is 5. The standard InChI is InChI=1S/C35H43F17O5Si/c1-8-55-26(53)11-9-10-22(6)23(7)27(54)24-12-14-25(15-13-24)56-17-18-57-58(20(2)3,21(4)5)19-16-28(36,37)29(38,39)30(40,41)31(42,43)32(44,45)33(46,47)34(48,49)35(50,51)52/h9-15,20-21,23,27,54H,8,16-19H2,1-7H3/b11-9+,22-10+/t23-,27+/m1/s1. The Balaban J connectivity index is 3.20. The summed E-state index contributed by atoms with van der Waals surface area (Å²) < 4.78 is 250. The smallest absolute Gasteiger partial charge is 0.460 e. The molecule has 0 amide bonds. The molecule has 23 heteroatoms. The molecule has 0 heterocycles. The van der Waals surface area contributed by atoms with Crippen LogP contribution >= 0.6 is 0 Å². The number of carbonyl (C=O) groups is 1. The maximum Gasteiger partial charge on any atom is 0.460 e. The molecule has 0 unspecified atom stereocenters. The fourth-order valence-corrected chi connectivity index (χ4v) is 10.1. The molecule has 0 aromatic heterocycles. The molecule has 0 fully saturated rings. The summed E-state index contributed by atoms with van der Waals surface area (Å²) in [6.45, 7) is 9.69. The molecule has 5 nitrogen and oxygen atoms in total. The van der Waals surface area contributed by atoms with Gasteiger partial charge in [-0.1, -0.05) is 64.5 Å². The van der Waals surface area contributed by atoms with Crippen LogP contribution in [0.15, 0.2) is 48.1 Å². The highest BCUT2D eigenvalue weighted by Gasteiger charge is 2.95. The van der Waals surface area contributed by atoms with Crippen LogP contribution in [-0.4, -0.2) is 86.8 Å². The van der Waals surface area contributed by atoms with Gasteiger partial charge in [0.2, 0.25) is 0 Å². The molecular formula is C35H43F17O5Si. The maximum absolute atomic E-state index is 14.9. The summed E-state index contributed by atoms with van der Waals surface area (Å²) in [4.78, 5) is 11.5. The maximum atomic E-state index is 14.9. The number of carbonyl (C=O) groups excluding carboxylic acids is 1. The molecule has 0 radical (unpaired) electrons. The zero-order valence-electron chi connectivity index (χ0n) is 31.9. The second-order valence-electron chi connectivity index (χ2n) is 13.9. The normalized spacial score (nSPS) is 16.0. The third kappa shape index (κ3) is 10.3. The Morgan fingerprint density at radius 1 is 0.707 bits per heavy atom. The van der Waals surface area contributed by atoms with E-state index in [1.54, 1.807) is 26.8 Å². The SMILES string of the molecule is CCOC(=O)/C=C/C=C(\C)[C@@H](C)[C@H](O)c1ccc(OCCO[Si](CCC(F)(F)C(F)(F)C(F)(F)C(F)(F)C(F)(F)C(F)(F)C(F)(F)C(F)(F)F)(C(C)C)C(C)C)cc1. The minimum absolute atomic E-state index is 0.169. The number of ether oxygens (including phenoxy) is 2. The molecule has 0 saturated carbocycles. The van der Waals surface area contributed by atoms with Crippen molar-refractivity contribution in [1.82, 2.24) is 0 Å². The van der Waals surface area contributed by atoms with Crippen LogP contribution in [0.1, 0.15) is 66.6 Å². The van der Waals surface area contributed by atoms with Gasteiger partial charge in [-0.25, -0.2) is 4.79 Å². The monoisotopic (exact) mass is 894 g/mol. The lowest BCUT2D eigenvalue weighted by Gasteiger charge is -2.44. The molecule has 1 rings (SSSR count). The molecule has 1 N–H and O–H groups in total. The van der Waals surface area contributed by atoms with Gasteiger partial charge in [0.1, 0.15) is 12.4 Å². The van der Waals surface area contributed by atoms with Crippen LogP contribution < -0.4 is 4.74 Å². The van der Waals surface area contributed by atoms with Gasteiger partial charge in [-0.05, 0) is 48.7 Å². The summed E-state index contributed by atoms with van der Waals surface area (Å²) in [6, 6.07) is 4.51. The minimum Gasteiger partial charge on any atom is -0.491 e. The molecule has 0 spiro atoms. The topological polar surface area (TPSA) is 65.0 Å². The number of rotatable bonds is 22. The van der Waals surface area contributed by atoms with Gasteiger partial charge in [0, 0.05) is 18.4 Å². The van der Waals surface area contributed by atoms with E-state index >= 15 is 0 Å². The van der Waals surface area contributed by atoms with Crippen LogP contribution in [0, 0.1) is 5.92 Å². The summed E-state index contributed by atoms with van der Waals surface area (Å²) in [7, 11) is -3.95. The van der Waals surface area contributed by atoms with Crippen LogP contribution in [0.3, 0.4) is 0 Å². The van der Waals surface area contributed by atoms with Crippen molar-refractivity contribution in [3.05, 3.63) is 53.6 Å². The summed E-state index contributed by atoms with van der Waals surface area (Å²) in [5, 5.41) is 10.8. The summed E-state index contributed by atoms with van der Waals surface area (Å²) in [6.07, 6.45) is -7.14. The first-order chi connectivity index (χ1) is 26.0. The van der Waals surface area contributed by atoms with E-state index in [1.165, 1.54) is 64.1 Å². The predicted octanol–water partition coefficient (Wildman–Crippen LogP) is 12.0. The van der Waals surface area contributed by atoms with Gasteiger partial charge in [-0.3, -0.25) is 0 Å². The Morgan fingerprint density at radius 3 is 1.59 bits per heavy atom. The third-order valence-corrected chi connectivity index (χ3v) is 15.3. The molecule has 1 aromatic rings. The number of halogens is 17. The first kappa shape index (κ1) is 52.9. The van der Waals surface area contributed by atoms with E-state index in [4.69, 9.17) is 13.9 Å². The van der Waals surface area contributed by atoms with E-state index in [2.05, 4.69) is 0 Å². The first-order valence-corrected chi connectivity index (χ1v) is 19.5. The van der Waals surface area contributed by atoms with Crippen molar-refractivity contribution >= 4 is 14.3 Å². The molecule has 0 bridgehead atoms. The number of hydrogen-bond donors (Lipinski definition) is 1. The molecule has 0 saturated heterocycles. The van der Waals surface area contributed by atoms with Crippen LogP contribution in [0.2, 0.25) is 17.1 Å². The predicted molar refractivity (Wildman–Crippen MR) is 178 cm³/mol. The quantitative estimate of drug-likeness (QED) is 0.0314. The summed E-state index contributed by atoms with van der Waals surface area (Å²) in [5.74, 6) is -57.5. The van der Waals surface area contributed by atoms with E-state index in [9.17, 15) is 84.5 Å². The Bertz CT molecular complexity index is 1550. The van der Waals surface area contributed by atoms with E-state index in [0.29, 0.717) is 11.1 Å².